The van der Waals surface area contributed by atoms with Crippen molar-refractivity contribution in [1.29, 1.82) is 0 Å². The number of ether oxygens (including phenoxy) is 1. The van der Waals surface area contributed by atoms with Gasteiger partial charge in [0.05, 0.1) is 32.4 Å². The predicted molar refractivity (Wildman–Crippen MR) is 138 cm³/mol. The van der Waals surface area contributed by atoms with Crippen molar-refractivity contribution < 1.29 is 18.7 Å². The first-order chi connectivity index (χ1) is 17.6. The van der Waals surface area contributed by atoms with Crippen molar-refractivity contribution in [3.8, 4) is 5.75 Å². The largest absolute Gasteiger partial charge is 0.493 e. The lowest BCUT2D eigenvalue weighted by molar-refractivity contribution is -0.960. The molecule has 3 aliphatic heterocycles. The summed E-state index contributed by atoms with van der Waals surface area (Å²) in [5.74, 6) is 3.38. The first-order valence-corrected chi connectivity index (χ1v) is 13.0. The molecule has 1 N–H and O–H groups in total. The highest BCUT2D eigenvalue weighted by atomic mass is 16.5. The van der Waals surface area contributed by atoms with Crippen molar-refractivity contribution >= 4 is 0 Å². The van der Waals surface area contributed by atoms with Crippen molar-refractivity contribution in [2.45, 2.75) is 25.0 Å². The van der Waals surface area contributed by atoms with Crippen LogP contribution in [0, 0.1) is 11.8 Å². The molecule has 1 aromatic heterocycles. The van der Waals surface area contributed by atoms with Gasteiger partial charge in [0.15, 0.2) is 11.4 Å². The second-order valence-corrected chi connectivity index (χ2v) is 10.4. The third kappa shape index (κ3) is 4.34. The Morgan fingerprint density at radius 2 is 1.44 bits per heavy atom. The minimum atomic E-state index is -1.44. The van der Waals surface area contributed by atoms with E-state index in [1.807, 2.05) is 97.2 Å². The van der Waals surface area contributed by atoms with Gasteiger partial charge in [-0.2, -0.15) is 0 Å². The number of rotatable bonds is 8. The molecular formula is C31H33N2O3+. The summed E-state index contributed by atoms with van der Waals surface area (Å²) in [5.41, 5.74) is 0.0453. The van der Waals surface area contributed by atoms with Crippen LogP contribution in [0.25, 0.3) is 0 Å². The van der Waals surface area contributed by atoms with E-state index in [4.69, 9.17) is 9.15 Å². The molecule has 4 aromatic rings. The van der Waals surface area contributed by atoms with Gasteiger partial charge in [-0.3, -0.25) is 0 Å². The Morgan fingerprint density at radius 3 is 2.06 bits per heavy atom. The van der Waals surface area contributed by atoms with E-state index in [0.29, 0.717) is 11.8 Å². The van der Waals surface area contributed by atoms with E-state index in [1.165, 1.54) is 12.8 Å². The summed E-state index contributed by atoms with van der Waals surface area (Å²) in [6.45, 7) is 4.96. The van der Waals surface area contributed by atoms with Gasteiger partial charge in [0.25, 0.3) is 0 Å². The Morgan fingerprint density at radius 1 is 0.861 bits per heavy atom. The van der Waals surface area contributed by atoms with Crippen molar-refractivity contribution in [3.63, 3.8) is 0 Å². The number of aromatic nitrogens is 1. The van der Waals surface area contributed by atoms with Crippen LogP contribution in [-0.2, 0) is 12.1 Å². The molecule has 2 bridgehead atoms. The molecule has 3 aliphatic rings. The van der Waals surface area contributed by atoms with Crippen LogP contribution in [0.3, 0.4) is 0 Å². The van der Waals surface area contributed by atoms with Gasteiger partial charge in [-0.15, -0.1) is 0 Å². The lowest BCUT2D eigenvalue weighted by atomic mass is 9.77. The van der Waals surface area contributed by atoms with Crippen molar-refractivity contribution in [3.05, 3.63) is 120 Å². The number of hydrogen-bond donors (Lipinski definition) is 1. The standard InChI is InChI=1S/C31H33N2O3/c34-31(26-10-4-1-5-11-26,27-12-6-2-7-13-27)30-32-20-29(36-30)22-33-18-16-24(17-19-33)25(21-33)23-35-28-14-8-3-9-15-28/h1-15,20,24-25,34H,16-19,21-23H2/q+1/t24?,25-,33?/m0/s1. The van der Waals surface area contributed by atoms with Crippen LogP contribution in [-0.4, -0.2) is 40.8 Å². The molecule has 4 heterocycles. The maximum absolute atomic E-state index is 12.0. The monoisotopic (exact) mass is 481 g/mol. The number of fused-ring (bicyclic) bond motifs is 3. The molecule has 0 amide bonds. The molecule has 7 rings (SSSR count). The minimum Gasteiger partial charge on any atom is -0.493 e. The van der Waals surface area contributed by atoms with Crippen LogP contribution in [0.15, 0.2) is 102 Å². The Kier molecular flexibility index (Phi) is 6.12. The molecule has 184 valence electrons. The highest BCUT2D eigenvalue weighted by molar-refractivity contribution is 5.41. The first kappa shape index (κ1) is 23.0. The number of aliphatic hydroxyl groups is 1. The Hall–Kier alpha value is -3.41. The molecule has 36 heavy (non-hydrogen) atoms. The number of oxazole rings is 1. The minimum absolute atomic E-state index is 0.323. The maximum Gasteiger partial charge on any atom is 0.236 e. The van der Waals surface area contributed by atoms with E-state index in [-0.39, 0.29) is 0 Å². The van der Waals surface area contributed by atoms with Crippen molar-refractivity contribution in [1.82, 2.24) is 4.98 Å². The first-order valence-electron chi connectivity index (χ1n) is 13.0. The fourth-order valence-corrected chi connectivity index (χ4v) is 6.22. The Balaban J connectivity index is 1.23. The van der Waals surface area contributed by atoms with E-state index < -0.39 is 5.60 Å². The lowest BCUT2D eigenvalue weighted by Gasteiger charge is -2.52. The third-order valence-corrected chi connectivity index (χ3v) is 8.18. The van der Waals surface area contributed by atoms with E-state index in [0.717, 1.165) is 65.8 Å². The molecule has 1 atom stereocenters. The molecule has 0 aliphatic carbocycles. The number of benzene rings is 3. The summed E-state index contributed by atoms with van der Waals surface area (Å²) in [6, 6.07) is 29.4. The average Bonchev–Trinajstić information content (AvgIpc) is 3.42. The zero-order valence-corrected chi connectivity index (χ0v) is 20.5. The summed E-state index contributed by atoms with van der Waals surface area (Å²) in [7, 11) is 0. The third-order valence-electron chi connectivity index (χ3n) is 8.18. The normalized spacial score (nSPS) is 23.5. The fraction of sp³-hybridized carbons (Fsp3) is 0.323. The molecule has 0 radical (unpaired) electrons. The van der Waals surface area contributed by atoms with Gasteiger partial charge in [-0.1, -0.05) is 78.9 Å². The highest BCUT2D eigenvalue weighted by Crippen LogP contribution is 2.41. The van der Waals surface area contributed by atoms with E-state index in [9.17, 15) is 5.11 Å². The van der Waals surface area contributed by atoms with Crippen LogP contribution < -0.4 is 4.74 Å². The van der Waals surface area contributed by atoms with Gasteiger partial charge in [-0.25, -0.2) is 4.98 Å². The SMILES string of the molecule is OC(c1ccccc1)(c1ccccc1)c1ncc(C[N+]23CCC(CC2)[C@H](COc2ccccc2)C3)o1. The molecule has 5 heteroatoms. The highest BCUT2D eigenvalue weighted by Gasteiger charge is 2.47. The van der Waals surface area contributed by atoms with E-state index in [1.54, 1.807) is 0 Å². The molecule has 0 spiro atoms. The molecule has 0 unspecified atom stereocenters. The quantitative estimate of drug-likeness (QED) is 0.343. The van der Waals surface area contributed by atoms with Crippen LogP contribution in [0.5, 0.6) is 5.75 Å². The lowest BCUT2D eigenvalue weighted by Crippen LogP contribution is -2.62. The van der Waals surface area contributed by atoms with Crippen molar-refractivity contribution in [2.75, 3.05) is 26.2 Å². The number of quaternary nitrogens is 1. The van der Waals surface area contributed by atoms with Crippen molar-refractivity contribution in [2.24, 2.45) is 11.8 Å². The fourth-order valence-electron chi connectivity index (χ4n) is 6.22. The Bertz CT molecular complexity index is 1230. The average molecular weight is 482 g/mol. The molecule has 0 saturated carbocycles. The van der Waals surface area contributed by atoms with Gasteiger partial charge in [0, 0.05) is 18.8 Å². The van der Waals surface area contributed by atoms with Crippen LogP contribution >= 0.6 is 0 Å². The molecule has 3 aromatic carbocycles. The van der Waals surface area contributed by atoms with Gasteiger partial charge in [0.2, 0.25) is 5.89 Å². The smallest absolute Gasteiger partial charge is 0.236 e. The van der Waals surface area contributed by atoms with Gasteiger partial charge in [0.1, 0.15) is 12.3 Å². The number of piperidine rings is 3. The van der Waals surface area contributed by atoms with Crippen LogP contribution in [0.4, 0.5) is 0 Å². The summed E-state index contributed by atoms with van der Waals surface area (Å²) in [6.07, 6.45) is 4.26. The topological polar surface area (TPSA) is 55.5 Å². The number of para-hydroxylation sites is 1. The van der Waals surface area contributed by atoms with E-state index >= 15 is 0 Å². The molecule has 3 fully saturated rings. The number of hydrogen-bond acceptors (Lipinski definition) is 4. The summed E-state index contributed by atoms with van der Waals surface area (Å²) < 4.78 is 13.5. The molecular weight excluding hydrogens is 448 g/mol. The zero-order valence-electron chi connectivity index (χ0n) is 20.5. The van der Waals surface area contributed by atoms with Gasteiger partial charge in [-0.05, 0) is 29.2 Å². The van der Waals surface area contributed by atoms with Gasteiger partial charge >= 0.3 is 0 Å². The van der Waals surface area contributed by atoms with Crippen LogP contribution in [0.2, 0.25) is 0 Å². The van der Waals surface area contributed by atoms with E-state index in [2.05, 4.69) is 4.98 Å². The number of nitrogens with zero attached hydrogens (tertiary/aromatic N) is 2. The summed E-state index contributed by atoms with van der Waals surface area (Å²) >= 11 is 0. The second-order valence-electron chi connectivity index (χ2n) is 10.4. The van der Waals surface area contributed by atoms with Crippen LogP contribution in [0.1, 0.15) is 35.6 Å². The molecule has 3 saturated heterocycles. The maximum atomic E-state index is 12.0. The summed E-state index contributed by atoms with van der Waals surface area (Å²) in [5, 5.41) is 12.0. The Labute approximate surface area is 212 Å². The summed E-state index contributed by atoms with van der Waals surface area (Å²) in [4.78, 5) is 4.63. The predicted octanol–water partition coefficient (Wildman–Crippen LogP) is 5.39. The second kappa shape index (κ2) is 9.57. The zero-order chi connectivity index (χ0) is 24.4. The molecule has 5 nitrogen and oxygen atoms in total. The van der Waals surface area contributed by atoms with Gasteiger partial charge < -0.3 is 18.7 Å².